The van der Waals surface area contributed by atoms with E-state index in [1.54, 1.807) is 22.8 Å². The predicted octanol–water partition coefficient (Wildman–Crippen LogP) is 1.97. The molecular weight excluding hydrogens is 415 g/mol. The average molecular weight is 429 g/mol. The second-order valence-corrected chi connectivity index (χ2v) is 7.56. The van der Waals surface area contributed by atoms with Crippen molar-refractivity contribution in [3.8, 4) is 0 Å². The average Bonchev–Trinajstić information content (AvgIpc) is 2.97. The van der Waals surface area contributed by atoms with Crippen molar-refractivity contribution >= 4 is 52.1 Å². The fourth-order valence-electron chi connectivity index (χ4n) is 2.67. The lowest BCUT2D eigenvalue weighted by atomic mass is 10.2. The van der Waals surface area contributed by atoms with E-state index in [2.05, 4.69) is 4.98 Å². The third kappa shape index (κ3) is 3.62. The summed E-state index contributed by atoms with van der Waals surface area (Å²) >= 11 is 13.1. The highest BCUT2D eigenvalue weighted by Gasteiger charge is 2.20. The topological polar surface area (TPSA) is 99.1 Å². The highest BCUT2D eigenvalue weighted by molar-refractivity contribution is 7.99. The molecule has 27 heavy (non-hydrogen) atoms. The van der Waals surface area contributed by atoms with E-state index in [0.29, 0.717) is 26.4 Å². The highest BCUT2D eigenvalue weighted by atomic mass is 35.5. The van der Waals surface area contributed by atoms with Gasteiger partial charge in [0.05, 0.1) is 12.3 Å². The molecule has 0 amide bonds. The van der Waals surface area contributed by atoms with Gasteiger partial charge in [-0.15, -0.1) is 0 Å². The largest absolute Gasteiger partial charge is 0.481 e. The fourth-order valence-corrected chi connectivity index (χ4v) is 3.85. The van der Waals surface area contributed by atoms with Crippen molar-refractivity contribution < 1.29 is 9.90 Å². The van der Waals surface area contributed by atoms with Crippen molar-refractivity contribution in [2.24, 2.45) is 14.1 Å². The standard InChI is InChI=1S/C16H14Cl2N4O4S/c1-20-13-12(14(25)21(2)16(20)26)19-15(27-7-11(23)24)22(13)6-8-3-4-9(17)5-10(8)18/h3-5H,6-7H2,1-2H3,(H,23,24). The summed E-state index contributed by atoms with van der Waals surface area (Å²) in [4.78, 5) is 40.1. The van der Waals surface area contributed by atoms with Crippen molar-refractivity contribution in [3.05, 3.63) is 54.6 Å². The van der Waals surface area contributed by atoms with E-state index in [0.717, 1.165) is 16.3 Å². The van der Waals surface area contributed by atoms with Crippen LogP contribution in [0.15, 0.2) is 32.9 Å². The number of fused-ring (bicyclic) bond motifs is 1. The zero-order valence-corrected chi connectivity index (χ0v) is 16.6. The lowest BCUT2D eigenvalue weighted by Gasteiger charge is -2.12. The zero-order chi connectivity index (χ0) is 19.9. The lowest BCUT2D eigenvalue weighted by molar-refractivity contribution is -0.133. The van der Waals surface area contributed by atoms with Crippen LogP contribution in [-0.4, -0.2) is 35.5 Å². The Bertz CT molecular complexity index is 1180. The molecule has 0 fully saturated rings. The number of carboxylic acid groups (broad SMARTS) is 1. The van der Waals surface area contributed by atoms with Gasteiger partial charge in [0, 0.05) is 24.1 Å². The minimum absolute atomic E-state index is 0.0811. The summed E-state index contributed by atoms with van der Waals surface area (Å²) in [7, 11) is 2.89. The first-order valence-corrected chi connectivity index (χ1v) is 9.39. The van der Waals surface area contributed by atoms with Crippen LogP contribution in [0.5, 0.6) is 0 Å². The molecule has 0 saturated heterocycles. The van der Waals surface area contributed by atoms with Gasteiger partial charge in [-0.25, -0.2) is 9.78 Å². The maximum Gasteiger partial charge on any atom is 0.332 e. The first-order valence-electron chi connectivity index (χ1n) is 7.65. The molecule has 0 spiro atoms. The quantitative estimate of drug-likeness (QED) is 0.623. The van der Waals surface area contributed by atoms with Crippen molar-refractivity contribution in [1.29, 1.82) is 0 Å². The van der Waals surface area contributed by atoms with E-state index < -0.39 is 17.2 Å². The third-order valence-electron chi connectivity index (χ3n) is 3.97. The Kier molecular flexibility index (Phi) is 5.36. The molecule has 1 aromatic carbocycles. The molecule has 0 unspecified atom stereocenters. The summed E-state index contributed by atoms with van der Waals surface area (Å²) < 4.78 is 3.87. The van der Waals surface area contributed by atoms with E-state index in [1.165, 1.54) is 18.7 Å². The van der Waals surface area contributed by atoms with Crippen molar-refractivity contribution in [1.82, 2.24) is 18.7 Å². The molecule has 142 valence electrons. The summed E-state index contributed by atoms with van der Waals surface area (Å²) in [6.45, 7) is 0.189. The fraction of sp³-hybridized carbons (Fsp3) is 0.250. The number of benzene rings is 1. The summed E-state index contributed by atoms with van der Waals surface area (Å²) in [5, 5.41) is 10.2. The van der Waals surface area contributed by atoms with E-state index in [-0.39, 0.29) is 17.8 Å². The molecule has 0 atom stereocenters. The predicted molar refractivity (Wildman–Crippen MR) is 104 cm³/mol. The van der Waals surface area contributed by atoms with Gasteiger partial charge in [0.2, 0.25) is 0 Å². The Morgan fingerprint density at radius 2 is 1.93 bits per heavy atom. The van der Waals surface area contributed by atoms with Gasteiger partial charge in [0.15, 0.2) is 16.3 Å². The number of aliphatic carboxylic acids is 1. The number of thioether (sulfide) groups is 1. The molecule has 11 heteroatoms. The van der Waals surface area contributed by atoms with Crippen LogP contribution in [0, 0.1) is 0 Å². The molecule has 2 aromatic heterocycles. The Morgan fingerprint density at radius 1 is 1.22 bits per heavy atom. The molecule has 3 rings (SSSR count). The summed E-state index contributed by atoms with van der Waals surface area (Å²) in [6.07, 6.45) is 0. The van der Waals surface area contributed by atoms with E-state index in [4.69, 9.17) is 28.3 Å². The number of carboxylic acids is 1. The van der Waals surface area contributed by atoms with Crippen LogP contribution >= 0.6 is 35.0 Å². The molecule has 0 aliphatic heterocycles. The van der Waals surface area contributed by atoms with Gasteiger partial charge in [-0.05, 0) is 17.7 Å². The third-order valence-corrected chi connectivity index (χ3v) is 5.52. The molecule has 2 heterocycles. The zero-order valence-electron chi connectivity index (χ0n) is 14.3. The van der Waals surface area contributed by atoms with Crippen LogP contribution in [0.2, 0.25) is 10.0 Å². The second kappa shape index (κ2) is 7.41. The van der Waals surface area contributed by atoms with Gasteiger partial charge in [0.25, 0.3) is 5.56 Å². The number of halogens is 2. The number of carbonyl (C=O) groups is 1. The van der Waals surface area contributed by atoms with Crippen molar-refractivity contribution in [2.45, 2.75) is 11.7 Å². The Morgan fingerprint density at radius 3 is 2.56 bits per heavy atom. The molecule has 8 nitrogen and oxygen atoms in total. The minimum Gasteiger partial charge on any atom is -0.481 e. The second-order valence-electron chi connectivity index (χ2n) is 5.78. The monoisotopic (exact) mass is 428 g/mol. The van der Waals surface area contributed by atoms with Crippen LogP contribution in [0.25, 0.3) is 11.2 Å². The van der Waals surface area contributed by atoms with Gasteiger partial charge >= 0.3 is 11.7 Å². The number of aromatic nitrogens is 4. The van der Waals surface area contributed by atoms with Crippen LogP contribution < -0.4 is 11.2 Å². The molecule has 0 radical (unpaired) electrons. The SMILES string of the molecule is Cn1c(=O)c2nc(SCC(=O)O)n(Cc3ccc(Cl)cc3Cl)c2n(C)c1=O. The summed E-state index contributed by atoms with van der Waals surface area (Å²) in [6, 6.07) is 4.98. The van der Waals surface area contributed by atoms with Crippen molar-refractivity contribution in [3.63, 3.8) is 0 Å². The molecule has 0 saturated carbocycles. The van der Waals surface area contributed by atoms with E-state index in [9.17, 15) is 14.4 Å². The van der Waals surface area contributed by atoms with Crippen LogP contribution in [0.4, 0.5) is 0 Å². The summed E-state index contributed by atoms with van der Waals surface area (Å²) in [5.41, 5.74) is 0.00196. The number of nitrogens with zero attached hydrogens (tertiary/aromatic N) is 4. The molecule has 0 aliphatic carbocycles. The van der Waals surface area contributed by atoms with Gasteiger partial charge in [-0.1, -0.05) is 41.0 Å². The highest BCUT2D eigenvalue weighted by Crippen LogP contribution is 2.27. The van der Waals surface area contributed by atoms with Crippen molar-refractivity contribution in [2.75, 3.05) is 5.75 Å². The van der Waals surface area contributed by atoms with Gasteiger partial charge in [-0.3, -0.25) is 18.7 Å². The maximum absolute atomic E-state index is 12.5. The van der Waals surface area contributed by atoms with Gasteiger partial charge in [0.1, 0.15) is 0 Å². The number of rotatable bonds is 5. The Balaban J connectivity index is 2.26. The summed E-state index contributed by atoms with van der Waals surface area (Å²) in [5.74, 6) is -1.27. The number of aryl methyl sites for hydroxylation is 1. The molecule has 1 N–H and O–H groups in total. The Hall–Kier alpha value is -2.23. The maximum atomic E-state index is 12.5. The van der Waals surface area contributed by atoms with Gasteiger partial charge < -0.3 is 9.67 Å². The van der Waals surface area contributed by atoms with E-state index in [1.807, 2.05) is 0 Å². The Labute approximate surface area is 167 Å². The number of hydrogen-bond acceptors (Lipinski definition) is 5. The van der Waals surface area contributed by atoms with Crippen LogP contribution in [0.1, 0.15) is 5.56 Å². The molecule has 0 bridgehead atoms. The number of imidazole rings is 1. The molecule has 0 aliphatic rings. The number of hydrogen-bond donors (Lipinski definition) is 1. The normalized spacial score (nSPS) is 11.3. The minimum atomic E-state index is -1.02. The molecule has 3 aromatic rings. The first-order chi connectivity index (χ1) is 12.7. The lowest BCUT2D eigenvalue weighted by Crippen LogP contribution is -2.37. The van der Waals surface area contributed by atoms with E-state index >= 15 is 0 Å². The van der Waals surface area contributed by atoms with Gasteiger partial charge in [-0.2, -0.15) is 0 Å². The van der Waals surface area contributed by atoms with Crippen LogP contribution in [-0.2, 0) is 25.4 Å². The first kappa shape index (κ1) is 19.5. The smallest absolute Gasteiger partial charge is 0.332 e. The van der Waals surface area contributed by atoms with Crippen LogP contribution in [0.3, 0.4) is 0 Å². The molecular formula is C16H14Cl2N4O4S.